The quantitative estimate of drug-likeness (QED) is 0.524. The number of halogens is 2. The number of alkyl halides is 2. The number of aromatic nitrogens is 4. The van der Waals surface area contributed by atoms with Gasteiger partial charge in [0.1, 0.15) is 24.3 Å². The molecule has 0 spiro atoms. The fourth-order valence-electron chi connectivity index (χ4n) is 3.02. The monoisotopic (exact) mass is 366 g/mol. The Morgan fingerprint density at radius 3 is 2.59 bits per heavy atom. The van der Waals surface area contributed by atoms with Gasteiger partial charge in [-0.1, -0.05) is 30.3 Å². The Morgan fingerprint density at radius 1 is 1.04 bits per heavy atom. The highest BCUT2D eigenvalue weighted by Crippen LogP contribution is 2.34. The van der Waals surface area contributed by atoms with Crippen molar-refractivity contribution in [2.75, 3.05) is 7.11 Å². The van der Waals surface area contributed by atoms with Crippen molar-refractivity contribution in [3.63, 3.8) is 0 Å². The van der Waals surface area contributed by atoms with E-state index in [1.165, 1.54) is 11.0 Å². The van der Waals surface area contributed by atoms with Gasteiger partial charge >= 0.3 is 0 Å². The Bertz CT molecular complexity index is 1080. The predicted molar refractivity (Wildman–Crippen MR) is 98.8 cm³/mol. The molecule has 0 bridgehead atoms. The molecule has 5 nitrogen and oxygen atoms in total. The molecule has 4 rings (SSSR count). The van der Waals surface area contributed by atoms with Crippen LogP contribution >= 0.6 is 0 Å². The molecule has 2 aromatic carbocycles. The lowest BCUT2D eigenvalue weighted by Gasteiger charge is -2.07. The average molecular weight is 366 g/mol. The molecular weight excluding hydrogens is 350 g/mol. The number of hydrogen-bond acceptors (Lipinski definition) is 4. The van der Waals surface area contributed by atoms with E-state index in [1.54, 1.807) is 13.3 Å². The lowest BCUT2D eigenvalue weighted by Crippen LogP contribution is -2.06. The molecule has 0 N–H and O–H groups in total. The van der Waals surface area contributed by atoms with Gasteiger partial charge in [0, 0.05) is 28.8 Å². The van der Waals surface area contributed by atoms with Crippen molar-refractivity contribution in [3.05, 3.63) is 61.1 Å². The molecule has 2 aromatic heterocycles. The molecule has 27 heavy (non-hydrogen) atoms. The smallest absolute Gasteiger partial charge is 0.257 e. The summed E-state index contributed by atoms with van der Waals surface area (Å²) in [6.45, 7) is -0.476. The Balaban J connectivity index is 1.93. The van der Waals surface area contributed by atoms with E-state index in [4.69, 9.17) is 4.74 Å². The molecule has 136 valence electrons. The second-order valence-corrected chi connectivity index (χ2v) is 5.98. The van der Waals surface area contributed by atoms with E-state index in [-0.39, 0.29) is 0 Å². The molecule has 0 fully saturated rings. The maximum atomic E-state index is 12.9. The van der Waals surface area contributed by atoms with Gasteiger partial charge < -0.3 is 4.74 Å². The molecule has 0 aliphatic rings. The third-order valence-electron chi connectivity index (χ3n) is 4.23. The first-order valence-corrected chi connectivity index (χ1v) is 8.36. The van der Waals surface area contributed by atoms with E-state index >= 15 is 0 Å². The maximum Gasteiger partial charge on any atom is 0.257 e. The fraction of sp³-hybridized carbons (Fsp3) is 0.150. The van der Waals surface area contributed by atoms with E-state index in [9.17, 15) is 8.78 Å². The summed E-state index contributed by atoms with van der Waals surface area (Å²) in [5, 5.41) is 5.19. The highest BCUT2D eigenvalue weighted by atomic mass is 19.3. The van der Waals surface area contributed by atoms with Crippen molar-refractivity contribution in [3.8, 4) is 28.3 Å². The SMILES string of the molecule is COc1ccc2c(-c3cn(CC(F)F)nc3-c3ccccc3)ncnc2c1. The molecule has 7 heteroatoms. The van der Waals surface area contributed by atoms with Gasteiger partial charge in [0.25, 0.3) is 6.43 Å². The minimum absolute atomic E-state index is 0.476. The summed E-state index contributed by atoms with van der Waals surface area (Å²) in [5.74, 6) is 0.684. The number of benzene rings is 2. The summed E-state index contributed by atoms with van der Waals surface area (Å²) in [6, 6.07) is 14.9. The maximum absolute atomic E-state index is 12.9. The number of rotatable bonds is 5. The predicted octanol–water partition coefficient (Wildman–Crippen LogP) is 4.43. The fourth-order valence-corrected chi connectivity index (χ4v) is 3.02. The van der Waals surface area contributed by atoms with E-state index in [0.717, 1.165) is 10.9 Å². The van der Waals surface area contributed by atoms with Crippen LogP contribution in [0.1, 0.15) is 0 Å². The first-order valence-electron chi connectivity index (χ1n) is 8.36. The van der Waals surface area contributed by atoms with Gasteiger partial charge in [0.2, 0.25) is 0 Å². The molecule has 0 amide bonds. The van der Waals surface area contributed by atoms with E-state index in [2.05, 4.69) is 15.1 Å². The summed E-state index contributed by atoms with van der Waals surface area (Å²) in [5.41, 5.74) is 3.47. The van der Waals surface area contributed by atoms with Gasteiger partial charge in [-0.25, -0.2) is 18.7 Å². The minimum Gasteiger partial charge on any atom is -0.497 e. The molecule has 0 saturated carbocycles. The van der Waals surface area contributed by atoms with E-state index < -0.39 is 13.0 Å². The third kappa shape index (κ3) is 3.36. The van der Waals surface area contributed by atoms with Crippen molar-refractivity contribution in [2.45, 2.75) is 13.0 Å². The molecule has 4 aromatic rings. The Labute approximate surface area is 154 Å². The van der Waals surface area contributed by atoms with Gasteiger partial charge in [0.05, 0.1) is 18.3 Å². The zero-order chi connectivity index (χ0) is 18.8. The third-order valence-corrected chi connectivity index (χ3v) is 4.23. The van der Waals surface area contributed by atoms with Gasteiger partial charge in [-0.05, 0) is 12.1 Å². The average Bonchev–Trinajstić information content (AvgIpc) is 3.10. The van der Waals surface area contributed by atoms with Crippen molar-refractivity contribution in [2.24, 2.45) is 0 Å². The lowest BCUT2D eigenvalue weighted by atomic mass is 10.0. The highest BCUT2D eigenvalue weighted by Gasteiger charge is 2.18. The number of ether oxygens (including phenoxy) is 1. The van der Waals surface area contributed by atoms with Crippen LogP contribution in [0.5, 0.6) is 5.75 Å². The van der Waals surface area contributed by atoms with Crippen LogP contribution in [0.3, 0.4) is 0 Å². The summed E-state index contributed by atoms with van der Waals surface area (Å²) in [4.78, 5) is 8.71. The zero-order valence-electron chi connectivity index (χ0n) is 14.5. The van der Waals surface area contributed by atoms with Crippen LogP contribution in [-0.2, 0) is 6.54 Å². The normalized spacial score (nSPS) is 11.3. The van der Waals surface area contributed by atoms with Crippen molar-refractivity contribution < 1.29 is 13.5 Å². The van der Waals surface area contributed by atoms with Gasteiger partial charge in [-0.3, -0.25) is 4.68 Å². The molecular formula is C20H16F2N4O. The zero-order valence-corrected chi connectivity index (χ0v) is 14.5. The van der Waals surface area contributed by atoms with Crippen molar-refractivity contribution in [1.82, 2.24) is 19.7 Å². The largest absolute Gasteiger partial charge is 0.497 e. The molecule has 0 aliphatic heterocycles. The molecule has 0 unspecified atom stereocenters. The molecule has 0 atom stereocenters. The summed E-state index contributed by atoms with van der Waals surface area (Å²) in [6.07, 6.45) is 0.574. The van der Waals surface area contributed by atoms with Crippen LogP contribution < -0.4 is 4.74 Å². The van der Waals surface area contributed by atoms with E-state index in [1.807, 2.05) is 48.5 Å². The molecule has 0 aliphatic carbocycles. The van der Waals surface area contributed by atoms with Crippen LogP contribution in [0.15, 0.2) is 61.1 Å². The van der Waals surface area contributed by atoms with Gasteiger partial charge in [0.15, 0.2) is 0 Å². The van der Waals surface area contributed by atoms with Crippen LogP contribution in [0.4, 0.5) is 8.78 Å². The van der Waals surface area contributed by atoms with Crippen molar-refractivity contribution >= 4 is 10.9 Å². The van der Waals surface area contributed by atoms with Crippen molar-refractivity contribution in [1.29, 1.82) is 0 Å². The second-order valence-electron chi connectivity index (χ2n) is 5.98. The summed E-state index contributed by atoms with van der Waals surface area (Å²) < 4.78 is 32.3. The standard InChI is InChI=1S/C20H16F2N4O/c1-27-14-7-8-15-17(9-14)23-12-24-20(15)16-10-26(11-18(21)22)25-19(16)13-5-3-2-4-6-13/h2-10,12,18H,11H2,1H3. The van der Waals surface area contributed by atoms with Crippen LogP contribution in [0.25, 0.3) is 33.4 Å². The number of fused-ring (bicyclic) bond motifs is 1. The van der Waals surface area contributed by atoms with E-state index in [0.29, 0.717) is 28.2 Å². The lowest BCUT2D eigenvalue weighted by molar-refractivity contribution is 0.122. The Hall–Kier alpha value is -3.35. The van der Waals surface area contributed by atoms with Gasteiger partial charge in [-0.2, -0.15) is 5.10 Å². The first kappa shape index (κ1) is 17.1. The second kappa shape index (κ2) is 7.11. The van der Waals surface area contributed by atoms with Gasteiger partial charge in [-0.15, -0.1) is 0 Å². The topological polar surface area (TPSA) is 52.8 Å². The highest BCUT2D eigenvalue weighted by molar-refractivity contribution is 5.96. The number of hydrogen-bond donors (Lipinski definition) is 0. The molecule has 0 saturated heterocycles. The Morgan fingerprint density at radius 2 is 1.85 bits per heavy atom. The number of nitrogens with zero attached hydrogens (tertiary/aromatic N) is 4. The first-order chi connectivity index (χ1) is 13.2. The Kier molecular flexibility index (Phi) is 4.50. The summed E-state index contributed by atoms with van der Waals surface area (Å²) in [7, 11) is 1.59. The van der Waals surface area contributed by atoms with Crippen LogP contribution in [0.2, 0.25) is 0 Å². The van der Waals surface area contributed by atoms with Crippen LogP contribution in [0, 0.1) is 0 Å². The molecule has 0 radical (unpaired) electrons. The summed E-state index contributed by atoms with van der Waals surface area (Å²) >= 11 is 0. The minimum atomic E-state index is -2.49. The molecule has 2 heterocycles. The van der Waals surface area contributed by atoms with Crippen LogP contribution in [-0.4, -0.2) is 33.3 Å². The number of methoxy groups -OCH3 is 1.